The molecular formula is C15H25N3O2. The Hall–Kier alpha value is -1.59. The summed E-state index contributed by atoms with van der Waals surface area (Å²) in [5, 5.41) is 11.8. The van der Waals surface area contributed by atoms with Gasteiger partial charge in [0.1, 0.15) is 0 Å². The zero-order chi connectivity index (χ0) is 15.0. The molecule has 0 saturated heterocycles. The van der Waals surface area contributed by atoms with Crippen LogP contribution in [0.15, 0.2) is 18.2 Å². The highest BCUT2D eigenvalue weighted by Gasteiger charge is 2.07. The third-order valence-corrected chi connectivity index (χ3v) is 3.39. The number of carbonyl (C=O) groups excluding carboxylic acids is 1. The van der Waals surface area contributed by atoms with Crippen LogP contribution in [-0.4, -0.2) is 42.2 Å². The maximum atomic E-state index is 11.9. The Morgan fingerprint density at radius 1 is 1.40 bits per heavy atom. The summed E-state index contributed by atoms with van der Waals surface area (Å²) in [6.07, 6.45) is 1.25. The van der Waals surface area contributed by atoms with Gasteiger partial charge in [0.25, 0.3) is 0 Å². The second kappa shape index (κ2) is 8.55. The molecule has 0 bridgehead atoms. The van der Waals surface area contributed by atoms with Gasteiger partial charge in [-0.3, -0.25) is 4.79 Å². The maximum absolute atomic E-state index is 11.9. The summed E-state index contributed by atoms with van der Waals surface area (Å²) in [4.78, 5) is 14.0. The van der Waals surface area contributed by atoms with Crippen molar-refractivity contribution in [1.29, 1.82) is 0 Å². The molecule has 0 heterocycles. The smallest absolute Gasteiger partial charge is 0.224 e. The minimum absolute atomic E-state index is 0.00116. The summed E-state index contributed by atoms with van der Waals surface area (Å²) in [6, 6.07) is 5.50. The summed E-state index contributed by atoms with van der Waals surface area (Å²) in [5.41, 5.74) is 8.16. The lowest BCUT2D eigenvalue weighted by Crippen LogP contribution is -2.28. The Labute approximate surface area is 120 Å². The molecule has 112 valence electrons. The summed E-state index contributed by atoms with van der Waals surface area (Å²) in [7, 11) is 0. The second-order valence-electron chi connectivity index (χ2n) is 4.83. The molecule has 0 unspecified atom stereocenters. The summed E-state index contributed by atoms with van der Waals surface area (Å²) in [5.74, 6) is -0.00116. The highest BCUT2D eigenvalue weighted by molar-refractivity contribution is 5.92. The predicted octanol–water partition coefficient (Wildman–Crippen LogP) is 1.61. The molecule has 20 heavy (non-hydrogen) atoms. The average molecular weight is 279 g/mol. The first kappa shape index (κ1) is 16.5. The normalized spacial score (nSPS) is 10.8. The molecule has 0 aliphatic carbocycles. The Morgan fingerprint density at radius 3 is 2.80 bits per heavy atom. The second-order valence-corrected chi connectivity index (χ2v) is 4.83. The first-order valence-electron chi connectivity index (χ1n) is 7.06. The predicted molar refractivity (Wildman–Crippen MR) is 82.7 cm³/mol. The van der Waals surface area contributed by atoms with E-state index in [1.165, 1.54) is 0 Å². The van der Waals surface area contributed by atoms with Crippen LogP contribution in [0.2, 0.25) is 0 Å². The molecule has 0 spiro atoms. The number of aliphatic hydroxyl groups is 1. The number of nitrogens with one attached hydrogen (secondary N) is 1. The number of carbonyl (C=O) groups is 1. The van der Waals surface area contributed by atoms with Crippen molar-refractivity contribution in [2.75, 3.05) is 37.3 Å². The third kappa shape index (κ3) is 5.19. The number of hydrogen-bond acceptors (Lipinski definition) is 4. The van der Waals surface area contributed by atoms with Gasteiger partial charge in [0.15, 0.2) is 0 Å². The summed E-state index contributed by atoms with van der Waals surface area (Å²) in [6.45, 7) is 6.46. The van der Waals surface area contributed by atoms with E-state index < -0.39 is 0 Å². The van der Waals surface area contributed by atoms with Crippen LogP contribution in [-0.2, 0) is 4.79 Å². The fourth-order valence-corrected chi connectivity index (χ4v) is 2.03. The standard InChI is InChI=1S/C15H25N3O2/c1-3-18(10-11-19)9-5-8-15(20)17-14-7-4-6-13(16)12(14)2/h4,6-7,19H,3,5,8-11,16H2,1-2H3,(H,17,20). The molecule has 0 aromatic heterocycles. The van der Waals surface area contributed by atoms with Crippen molar-refractivity contribution < 1.29 is 9.90 Å². The first-order valence-corrected chi connectivity index (χ1v) is 7.06. The van der Waals surface area contributed by atoms with Gasteiger partial charge in [-0.1, -0.05) is 13.0 Å². The highest BCUT2D eigenvalue weighted by Crippen LogP contribution is 2.20. The molecule has 0 fully saturated rings. The van der Waals surface area contributed by atoms with Gasteiger partial charge in [-0.05, 0) is 44.1 Å². The van der Waals surface area contributed by atoms with E-state index in [1.54, 1.807) is 0 Å². The minimum atomic E-state index is -0.00116. The molecule has 1 amide bonds. The van der Waals surface area contributed by atoms with Crippen molar-refractivity contribution in [1.82, 2.24) is 4.90 Å². The summed E-state index contributed by atoms with van der Waals surface area (Å²) >= 11 is 0. The van der Waals surface area contributed by atoms with Gasteiger partial charge in [0.05, 0.1) is 6.61 Å². The number of hydrogen-bond donors (Lipinski definition) is 3. The quantitative estimate of drug-likeness (QED) is 0.632. The number of anilines is 2. The van der Waals surface area contributed by atoms with Gasteiger partial charge in [0, 0.05) is 24.3 Å². The molecule has 4 N–H and O–H groups in total. The van der Waals surface area contributed by atoms with E-state index in [2.05, 4.69) is 10.2 Å². The Kier molecular flexibility index (Phi) is 7.04. The van der Waals surface area contributed by atoms with Crippen LogP contribution < -0.4 is 11.1 Å². The molecule has 0 radical (unpaired) electrons. The van der Waals surface area contributed by atoms with Crippen molar-refractivity contribution >= 4 is 17.3 Å². The monoisotopic (exact) mass is 279 g/mol. The van der Waals surface area contributed by atoms with Gasteiger partial charge in [0.2, 0.25) is 5.91 Å². The fraction of sp³-hybridized carbons (Fsp3) is 0.533. The lowest BCUT2D eigenvalue weighted by Gasteiger charge is -2.18. The van der Waals surface area contributed by atoms with E-state index in [1.807, 2.05) is 32.0 Å². The number of nitrogens with zero attached hydrogens (tertiary/aromatic N) is 1. The van der Waals surface area contributed by atoms with Crippen molar-refractivity contribution in [2.24, 2.45) is 0 Å². The van der Waals surface area contributed by atoms with Crippen LogP contribution in [0.1, 0.15) is 25.3 Å². The lowest BCUT2D eigenvalue weighted by atomic mass is 10.1. The van der Waals surface area contributed by atoms with Crippen molar-refractivity contribution in [3.05, 3.63) is 23.8 Å². The fourth-order valence-electron chi connectivity index (χ4n) is 2.03. The molecule has 0 atom stereocenters. The summed E-state index contributed by atoms with van der Waals surface area (Å²) < 4.78 is 0. The van der Waals surface area contributed by atoms with E-state index in [-0.39, 0.29) is 12.5 Å². The van der Waals surface area contributed by atoms with Crippen molar-refractivity contribution in [3.63, 3.8) is 0 Å². The Balaban J connectivity index is 2.38. The number of rotatable bonds is 8. The first-order chi connectivity index (χ1) is 9.58. The zero-order valence-corrected chi connectivity index (χ0v) is 12.4. The van der Waals surface area contributed by atoms with Gasteiger partial charge in [-0.25, -0.2) is 0 Å². The Bertz CT molecular complexity index is 435. The zero-order valence-electron chi connectivity index (χ0n) is 12.4. The average Bonchev–Trinajstić information content (AvgIpc) is 2.43. The van der Waals surface area contributed by atoms with Crippen molar-refractivity contribution in [2.45, 2.75) is 26.7 Å². The molecule has 5 nitrogen and oxygen atoms in total. The Morgan fingerprint density at radius 2 is 2.15 bits per heavy atom. The number of likely N-dealkylation sites (N-methyl/N-ethyl adjacent to an activating group) is 1. The SMILES string of the molecule is CCN(CCO)CCCC(=O)Nc1cccc(N)c1C. The van der Waals surface area contributed by atoms with Crippen LogP contribution in [0.4, 0.5) is 11.4 Å². The van der Waals surface area contributed by atoms with E-state index in [0.29, 0.717) is 18.7 Å². The van der Waals surface area contributed by atoms with Gasteiger partial charge in [-0.2, -0.15) is 0 Å². The highest BCUT2D eigenvalue weighted by atomic mass is 16.3. The number of nitrogens with two attached hydrogens (primary N) is 1. The van der Waals surface area contributed by atoms with E-state index in [0.717, 1.165) is 30.8 Å². The number of amides is 1. The van der Waals surface area contributed by atoms with Crippen molar-refractivity contribution in [3.8, 4) is 0 Å². The van der Waals surface area contributed by atoms with Crippen LogP contribution in [0.5, 0.6) is 0 Å². The topological polar surface area (TPSA) is 78.6 Å². The molecule has 0 aliphatic heterocycles. The largest absolute Gasteiger partial charge is 0.398 e. The molecule has 1 aromatic rings. The molecule has 0 saturated carbocycles. The number of benzene rings is 1. The van der Waals surface area contributed by atoms with Crippen LogP contribution in [0.3, 0.4) is 0 Å². The lowest BCUT2D eigenvalue weighted by molar-refractivity contribution is -0.116. The van der Waals surface area contributed by atoms with E-state index >= 15 is 0 Å². The molecule has 1 aromatic carbocycles. The molecule has 0 aliphatic rings. The minimum Gasteiger partial charge on any atom is -0.398 e. The maximum Gasteiger partial charge on any atom is 0.224 e. The van der Waals surface area contributed by atoms with Crippen LogP contribution in [0, 0.1) is 6.92 Å². The number of aliphatic hydroxyl groups excluding tert-OH is 1. The number of nitrogen functional groups attached to an aromatic ring is 1. The molecule has 1 rings (SSSR count). The third-order valence-electron chi connectivity index (χ3n) is 3.39. The molecule has 5 heteroatoms. The molecular weight excluding hydrogens is 254 g/mol. The van der Waals surface area contributed by atoms with Gasteiger partial charge < -0.3 is 21.1 Å². The van der Waals surface area contributed by atoms with E-state index in [4.69, 9.17) is 10.8 Å². The van der Waals surface area contributed by atoms with Gasteiger partial charge >= 0.3 is 0 Å². The van der Waals surface area contributed by atoms with Crippen LogP contribution in [0.25, 0.3) is 0 Å². The van der Waals surface area contributed by atoms with Gasteiger partial charge in [-0.15, -0.1) is 0 Å². The van der Waals surface area contributed by atoms with Crippen LogP contribution >= 0.6 is 0 Å². The van der Waals surface area contributed by atoms with E-state index in [9.17, 15) is 4.79 Å².